The summed E-state index contributed by atoms with van der Waals surface area (Å²) in [5.41, 5.74) is 1.29. The summed E-state index contributed by atoms with van der Waals surface area (Å²) in [7, 11) is 0. The average molecular weight is 239 g/mol. The Bertz CT molecular complexity index is 474. The third-order valence-electron chi connectivity index (χ3n) is 2.70. The second-order valence-corrected chi connectivity index (χ2v) is 4.75. The highest BCUT2D eigenvalue weighted by Gasteiger charge is 2.00. The van der Waals surface area contributed by atoms with Crippen LogP contribution >= 0.6 is 0 Å². The standard InChI is InChI=1S/C17H19O/c1-14(2)11-12-15-7-6-10-17(13-15)18-16-8-4-3-5-9-16/h3-11,13-14H,12H2,1-2H3. The normalized spacial score (nSPS) is 10.6. The molecule has 0 bridgehead atoms. The lowest BCUT2D eigenvalue weighted by molar-refractivity contribution is 0.482. The maximum absolute atomic E-state index is 5.81. The van der Waals surface area contributed by atoms with Gasteiger partial charge in [0.25, 0.3) is 0 Å². The molecule has 0 fully saturated rings. The predicted molar refractivity (Wildman–Crippen MR) is 75.8 cm³/mol. The summed E-state index contributed by atoms with van der Waals surface area (Å²) in [6, 6.07) is 18.1. The van der Waals surface area contributed by atoms with Crippen molar-refractivity contribution in [3.63, 3.8) is 0 Å². The van der Waals surface area contributed by atoms with E-state index in [9.17, 15) is 0 Å². The van der Waals surface area contributed by atoms with Crippen LogP contribution in [0, 0.1) is 12.3 Å². The van der Waals surface area contributed by atoms with Crippen LogP contribution in [0.15, 0.2) is 54.6 Å². The lowest BCUT2D eigenvalue weighted by atomic mass is 10.0. The van der Waals surface area contributed by atoms with E-state index < -0.39 is 0 Å². The Morgan fingerprint density at radius 1 is 0.944 bits per heavy atom. The minimum Gasteiger partial charge on any atom is -0.457 e. The molecule has 0 aromatic heterocycles. The van der Waals surface area contributed by atoms with Gasteiger partial charge in [0.05, 0.1) is 0 Å². The lowest BCUT2D eigenvalue weighted by Crippen LogP contribution is -1.93. The van der Waals surface area contributed by atoms with E-state index in [0.717, 1.165) is 17.9 Å². The number of hydrogen-bond donors (Lipinski definition) is 0. The van der Waals surface area contributed by atoms with Gasteiger partial charge < -0.3 is 4.74 Å². The van der Waals surface area contributed by atoms with Crippen LogP contribution in [0.25, 0.3) is 0 Å². The number of para-hydroxylation sites is 1. The zero-order chi connectivity index (χ0) is 12.8. The Hall–Kier alpha value is -1.76. The van der Waals surface area contributed by atoms with Crippen LogP contribution < -0.4 is 4.74 Å². The van der Waals surface area contributed by atoms with Gasteiger partial charge in [0.2, 0.25) is 0 Å². The zero-order valence-corrected chi connectivity index (χ0v) is 11.0. The van der Waals surface area contributed by atoms with Crippen molar-refractivity contribution in [3.8, 4) is 11.5 Å². The second-order valence-electron chi connectivity index (χ2n) is 4.75. The molecule has 0 unspecified atom stereocenters. The molecule has 1 nitrogen and oxygen atoms in total. The maximum Gasteiger partial charge on any atom is 0.127 e. The maximum atomic E-state index is 5.81. The fourth-order valence-corrected chi connectivity index (χ4v) is 1.73. The Morgan fingerprint density at radius 2 is 1.67 bits per heavy atom. The fourth-order valence-electron chi connectivity index (χ4n) is 1.73. The van der Waals surface area contributed by atoms with Crippen molar-refractivity contribution in [1.29, 1.82) is 0 Å². The van der Waals surface area contributed by atoms with Gasteiger partial charge in [-0.1, -0.05) is 44.2 Å². The summed E-state index contributed by atoms with van der Waals surface area (Å²) in [5, 5.41) is 0. The van der Waals surface area contributed by atoms with Crippen molar-refractivity contribution in [2.24, 2.45) is 5.92 Å². The zero-order valence-electron chi connectivity index (χ0n) is 11.0. The van der Waals surface area contributed by atoms with Gasteiger partial charge in [-0.05, 0) is 48.6 Å². The molecular weight excluding hydrogens is 220 g/mol. The van der Waals surface area contributed by atoms with E-state index in [2.05, 4.69) is 32.4 Å². The Morgan fingerprint density at radius 3 is 2.39 bits per heavy atom. The molecular formula is C17H19O. The molecule has 2 aromatic carbocycles. The van der Waals surface area contributed by atoms with Gasteiger partial charge in [0.15, 0.2) is 0 Å². The molecule has 0 heterocycles. The summed E-state index contributed by atoms with van der Waals surface area (Å²) in [4.78, 5) is 0. The smallest absolute Gasteiger partial charge is 0.127 e. The lowest BCUT2D eigenvalue weighted by Gasteiger charge is -2.08. The third kappa shape index (κ3) is 3.92. The first-order valence-electron chi connectivity index (χ1n) is 6.39. The van der Waals surface area contributed by atoms with Crippen LogP contribution in [-0.2, 0) is 6.42 Å². The summed E-state index contributed by atoms with van der Waals surface area (Å²) in [6.45, 7) is 4.40. The summed E-state index contributed by atoms with van der Waals surface area (Å²) >= 11 is 0. The monoisotopic (exact) mass is 239 g/mol. The number of hydrogen-bond acceptors (Lipinski definition) is 1. The molecule has 2 rings (SSSR count). The number of benzene rings is 2. The molecule has 0 N–H and O–H groups in total. The number of rotatable bonds is 5. The molecule has 0 spiro atoms. The van der Waals surface area contributed by atoms with Gasteiger partial charge in [-0.3, -0.25) is 0 Å². The largest absolute Gasteiger partial charge is 0.457 e. The SMILES string of the molecule is CC(C)[CH]Cc1cccc(Oc2ccccc2)c1. The Balaban J connectivity index is 2.03. The van der Waals surface area contributed by atoms with Gasteiger partial charge in [-0.2, -0.15) is 0 Å². The second kappa shape index (κ2) is 6.25. The van der Waals surface area contributed by atoms with Gasteiger partial charge in [-0.15, -0.1) is 0 Å². The quantitative estimate of drug-likeness (QED) is 0.722. The van der Waals surface area contributed by atoms with Crippen molar-refractivity contribution in [1.82, 2.24) is 0 Å². The van der Waals surface area contributed by atoms with Crippen molar-refractivity contribution in [2.45, 2.75) is 20.3 Å². The van der Waals surface area contributed by atoms with E-state index in [1.165, 1.54) is 5.56 Å². The van der Waals surface area contributed by atoms with E-state index in [0.29, 0.717) is 5.92 Å². The fraction of sp³-hybridized carbons (Fsp3) is 0.235. The summed E-state index contributed by atoms with van der Waals surface area (Å²) in [5.74, 6) is 2.39. The summed E-state index contributed by atoms with van der Waals surface area (Å²) in [6.07, 6.45) is 3.30. The van der Waals surface area contributed by atoms with Crippen molar-refractivity contribution in [2.75, 3.05) is 0 Å². The highest BCUT2D eigenvalue weighted by atomic mass is 16.5. The van der Waals surface area contributed by atoms with E-state index >= 15 is 0 Å². The van der Waals surface area contributed by atoms with E-state index in [-0.39, 0.29) is 0 Å². The molecule has 0 aliphatic heterocycles. The highest BCUT2D eigenvalue weighted by Crippen LogP contribution is 2.22. The molecule has 0 saturated carbocycles. The van der Waals surface area contributed by atoms with Gasteiger partial charge >= 0.3 is 0 Å². The number of ether oxygens (including phenoxy) is 1. The topological polar surface area (TPSA) is 9.23 Å². The van der Waals surface area contributed by atoms with E-state index in [1.807, 2.05) is 42.5 Å². The molecule has 0 atom stereocenters. The average Bonchev–Trinajstić information content (AvgIpc) is 2.38. The van der Waals surface area contributed by atoms with Crippen LogP contribution in [-0.4, -0.2) is 0 Å². The van der Waals surface area contributed by atoms with Crippen LogP contribution in [0.1, 0.15) is 19.4 Å². The molecule has 2 aromatic rings. The molecule has 18 heavy (non-hydrogen) atoms. The third-order valence-corrected chi connectivity index (χ3v) is 2.70. The highest BCUT2D eigenvalue weighted by molar-refractivity contribution is 5.34. The molecule has 1 radical (unpaired) electrons. The van der Waals surface area contributed by atoms with Crippen LogP contribution in [0.5, 0.6) is 11.5 Å². The van der Waals surface area contributed by atoms with E-state index in [4.69, 9.17) is 4.74 Å². The van der Waals surface area contributed by atoms with Gasteiger partial charge in [0.1, 0.15) is 11.5 Å². The van der Waals surface area contributed by atoms with Crippen molar-refractivity contribution < 1.29 is 4.74 Å². The van der Waals surface area contributed by atoms with Crippen LogP contribution in [0.3, 0.4) is 0 Å². The van der Waals surface area contributed by atoms with Crippen LogP contribution in [0.4, 0.5) is 0 Å². The van der Waals surface area contributed by atoms with Gasteiger partial charge in [-0.25, -0.2) is 0 Å². The van der Waals surface area contributed by atoms with Crippen molar-refractivity contribution >= 4 is 0 Å². The molecule has 0 aliphatic carbocycles. The Labute approximate surface area is 109 Å². The molecule has 0 amide bonds. The minimum atomic E-state index is 0.615. The first-order valence-corrected chi connectivity index (χ1v) is 6.39. The first-order chi connectivity index (χ1) is 8.74. The van der Waals surface area contributed by atoms with Crippen LogP contribution in [0.2, 0.25) is 0 Å². The van der Waals surface area contributed by atoms with Crippen molar-refractivity contribution in [3.05, 3.63) is 66.6 Å². The predicted octanol–water partition coefficient (Wildman–Crippen LogP) is 4.88. The minimum absolute atomic E-state index is 0.615. The molecule has 93 valence electrons. The van der Waals surface area contributed by atoms with Gasteiger partial charge in [0, 0.05) is 0 Å². The molecule has 1 heteroatoms. The first kappa shape index (κ1) is 12.7. The Kier molecular flexibility index (Phi) is 4.40. The summed E-state index contributed by atoms with van der Waals surface area (Å²) < 4.78 is 5.81. The molecule has 0 saturated heterocycles. The molecule has 0 aliphatic rings. The van der Waals surface area contributed by atoms with E-state index in [1.54, 1.807) is 0 Å².